The number of hydrogen-bond acceptors (Lipinski definition) is 4. The summed E-state index contributed by atoms with van der Waals surface area (Å²) in [5, 5.41) is 0. The van der Waals surface area contributed by atoms with Crippen molar-refractivity contribution >= 4 is 30.9 Å². The molecule has 1 aromatic carbocycles. The number of fused-ring (bicyclic) bond motifs is 3. The highest BCUT2D eigenvalue weighted by Crippen LogP contribution is 2.60. The maximum absolute atomic E-state index is 14.1. The Morgan fingerprint density at radius 3 is 2.03 bits per heavy atom. The molecule has 4 atom stereocenters. The summed E-state index contributed by atoms with van der Waals surface area (Å²) in [4.78, 5) is 14.1. The van der Waals surface area contributed by atoms with E-state index in [2.05, 4.69) is 98.8 Å². The first-order valence-electron chi connectivity index (χ1n) is 14.0. The van der Waals surface area contributed by atoms with Crippen molar-refractivity contribution in [3.63, 3.8) is 0 Å². The molecule has 3 rings (SSSR count). The van der Waals surface area contributed by atoms with Crippen LogP contribution in [0.25, 0.3) is 0 Å². The van der Waals surface area contributed by atoms with E-state index in [9.17, 15) is 4.79 Å². The molecule has 0 saturated heterocycles. The van der Waals surface area contributed by atoms with Gasteiger partial charge in [0, 0.05) is 0 Å². The molecule has 0 aliphatic heterocycles. The average Bonchev–Trinajstić information content (AvgIpc) is 2.66. The van der Waals surface area contributed by atoms with Gasteiger partial charge in [-0.05, 0) is 132 Å². The van der Waals surface area contributed by atoms with Gasteiger partial charge in [-0.1, -0.05) is 26.8 Å². The van der Waals surface area contributed by atoms with E-state index in [-0.39, 0.29) is 23.4 Å². The fourth-order valence-electron chi connectivity index (χ4n) is 6.79. The minimum Gasteiger partial charge on any atom is -0.544 e. The summed E-state index contributed by atoms with van der Waals surface area (Å²) in [6, 6.07) is 4.55. The van der Waals surface area contributed by atoms with Crippen molar-refractivity contribution in [2.45, 2.75) is 130 Å². The van der Waals surface area contributed by atoms with E-state index >= 15 is 0 Å². The highest BCUT2D eigenvalue weighted by atomic mass is 28.4. The zero-order chi connectivity index (χ0) is 27.5. The number of carbonyl (C=O) groups excluding carboxylic acids is 1. The fourth-order valence-corrected chi connectivity index (χ4v) is 9.62. The van der Waals surface area contributed by atoms with Gasteiger partial charge in [-0.25, -0.2) is 0 Å². The summed E-state index contributed by atoms with van der Waals surface area (Å²) in [6.07, 6.45) is 3.77. The van der Waals surface area contributed by atoms with E-state index in [0.717, 1.165) is 31.4 Å². The van der Waals surface area contributed by atoms with Crippen LogP contribution in [0.1, 0.15) is 69.6 Å². The summed E-state index contributed by atoms with van der Waals surface area (Å²) in [5.41, 5.74) is 3.51. The van der Waals surface area contributed by atoms with Crippen LogP contribution in [0.2, 0.25) is 58.9 Å². The molecule has 0 bridgehead atoms. The molecule has 1 aromatic rings. The Balaban J connectivity index is 2.16. The van der Waals surface area contributed by atoms with Gasteiger partial charge in [-0.15, -0.1) is 0 Å². The Kier molecular flexibility index (Phi) is 7.98. The standard InChI is InChI=1S/C29H52O4Si3/c1-20(2)26-21-14-17-24-28(3,22(21)15-16-23(26)31-34(5,6)7)19-18-25(32-35(8,9)10)29(24,4)27(30)33-36(11,12)13/h15-16,20,24-25H,14,17-19H2,1-13H3. The van der Waals surface area contributed by atoms with Crippen molar-refractivity contribution in [3.05, 3.63) is 28.8 Å². The topological polar surface area (TPSA) is 44.8 Å². The Hall–Kier alpha value is -0.899. The second-order valence-electron chi connectivity index (χ2n) is 14.9. The quantitative estimate of drug-likeness (QED) is 0.322. The monoisotopic (exact) mass is 548 g/mol. The van der Waals surface area contributed by atoms with Gasteiger partial charge in [0.25, 0.3) is 0 Å². The predicted octanol–water partition coefficient (Wildman–Crippen LogP) is 8.24. The van der Waals surface area contributed by atoms with Crippen molar-refractivity contribution < 1.29 is 18.1 Å². The highest BCUT2D eigenvalue weighted by molar-refractivity contribution is 6.71. The maximum Gasteiger partial charge on any atom is 0.301 e. The normalized spacial score (nSPS) is 28.9. The van der Waals surface area contributed by atoms with Crippen molar-refractivity contribution in [1.29, 1.82) is 0 Å². The summed E-state index contributed by atoms with van der Waals surface area (Å²) in [5.74, 6) is 1.61. The minimum atomic E-state index is -2.05. The van der Waals surface area contributed by atoms with Crippen LogP contribution in [0.15, 0.2) is 12.1 Å². The molecule has 0 N–H and O–H groups in total. The molecule has 0 heterocycles. The Labute approximate surface area is 224 Å². The molecule has 36 heavy (non-hydrogen) atoms. The van der Waals surface area contributed by atoms with E-state index < -0.39 is 30.4 Å². The first-order chi connectivity index (χ1) is 16.2. The molecule has 204 valence electrons. The zero-order valence-corrected chi connectivity index (χ0v) is 28.3. The SMILES string of the molecule is CC(C)c1c(O[Si](C)(C)C)ccc2c1CCC1C2(C)CCC(O[Si](C)(C)C)C1(C)C(=O)O[Si](C)(C)C. The van der Waals surface area contributed by atoms with Crippen molar-refractivity contribution in [2.75, 3.05) is 0 Å². The number of rotatable bonds is 7. The lowest BCUT2D eigenvalue weighted by Crippen LogP contribution is -2.62. The van der Waals surface area contributed by atoms with Gasteiger partial charge in [0.05, 0.1) is 11.5 Å². The Morgan fingerprint density at radius 1 is 0.917 bits per heavy atom. The van der Waals surface area contributed by atoms with Crippen LogP contribution in [0, 0.1) is 11.3 Å². The third kappa shape index (κ3) is 5.89. The van der Waals surface area contributed by atoms with Crippen LogP contribution in [-0.4, -0.2) is 37.0 Å². The molecular weight excluding hydrogens is 497 g/mol. The molecule has 0 amide bonds. The molecule has 0 spiro atoms. The first kappa shape index (κ1) is 29.7. The van der Waals surface area contributed by atoms with Gasteiger partial charge in [0.2, 0.25) is 16.6 Å². The van der Waals surface area contributed by atoms with Crippen LogP contribution in [0.3, 0.4) is 0 Å². The number of hydrogen-bond donors (Lipinski definition) is 0. The van der Waals surface area contributed by atoms with Crippen LogP contribution in [0.4, 0.5) is 0 Å². The molecule has 1 saturated carbocycles. The molecular formula is C29H52O4Si3. The molecule has 0 aromatic heterocycles. The van der Waals surface area contributed by atoms with Gasteiger partial charge in [-0.3, -0.25) is 4.79 Å². The zero-order valence-electron chi connectivity index (χ0n) is 25.3. The lowest BCUT2D eigenvalue weighted by Gasteiger charge is -2.58. The summed E-state index contributed by atoms with van der Waals surface area (Å²) < 4.78 is 19.6. The molecule has 2 aliphatic carbocycles. The molecule has 1 fully saturated rings. The summed E-state index contributed by atoms with van der Waals surface area (Å²) >= 11 is 0. The van der Waals surface area contributed by atoms with E-state index in [1.807, 2.05) is 0 Å². The number of carbonyl (C=O) groups is 1. The predicted molar refractivity (Wildman–Crippen MR) is 159 cm³/mol. The molecule has 4 nitrogen and oxygen atoms in total. The molecule has 2 aliphatic rings. The third-order valence-corrected chi connectivity index (χ3v) is 10.7. The van der Waals surface area contributed by atoms with Gasteiger partial charge in [0.15, 0.2) is 8.32 Å². The average molecular weight is 549 g/mol. The van der Waals surface area contributed by atoms with Crippen molar-refractivity contribution in [2.24, 2.45) is 11.3 Å². The second kappa shape index (κ2) is 9.69. The Bertz CT molecular complexity index is 986. The van der Waals surface area contributed by atoms with Crippen molar-refractivity contribution in [3.8, 4) is 5.75 Å². The largest absolute Gasteiger partial charge is 0.544 e. The maximum atomic E-state index is 14.1. The van der Waals surface area contributed by atoms with Crippen LogP contribution in [-0.2, 0) is 25.5 Å². The summed E-state index contributed by atoms with van der Waals surface area (Å²) in [6.45, 7) is 28.9. The third-order valence-electron chi connectivity index (χ3n) is 8.03. The minimum absolute atomic E-state index is 0.0351. The van der Waals surface area contributed by atoms with Gasteiger partial charge in [-0.2, -0.15) is 0 Å². The van der Waals surface area contributed by atoms with E-state index in [4.69, 9.17) is 13.3 Å². The highest BCUT2D eigenvalue weighted by Gasteiger charge is 2.61. The van der Waals surface area contributed by atoms with Crippen LogP contribution < -0.4 is 4.43 Å². The molecule has 4 unspecified atom stereocenters. The smallest absolute Gasteiger partial charge is 0.301 e. The van der Waals surface area contributed by atoms with Gasteiger partial charge >= 0.3 is 5.97 Å². The van der Waals surface area contributed by atoms with Crippen LogP contribution >= 0.6 is 0 Å². The van der Waals surface area contributed by atoms with Crippen LogP contribution in [0.5, 0.6) is 5.75 Å². The van der Waals surface area contributed by atoms with E-state index in [0.29, 0.717) is 5.92 Å². The van der Waals surface area contributed by atoms with Gasteiger partial charge in [0.1, 0.15) is 5.75 Å². The van der Waals surface area contributed by atoms with Crippen molar-refractivity contribution in [1.82, 2.24) is 0 Å². The van der Waals surface area contributed by atoms with Gasteiger partial charge < -0.3 is 13.3 Å². The number of benzene rings is 1. The van der Waals surface area contributed by atoms with E-state index in [1.165, 1.54) is 16.7 Å². The second-order valence-corrected chi connectivity index (χ2v) is 28.2. The molecule has 7 heteroatoms. The lowest BCUT2D eigenvalue weighted by atomic mass is 9.48. The molecule has 0 radical (unpaired) electrons. The lowest BCUT2D eigenvalue weighted by molar-refractivity contribution is -0.167. The Morgan fingerprint density at radius 2 is 1.53 bits per heavy atom. The van der Waals surface area contributed by atoms with E-state index in [1.54, 1.807) is 0 Å². The first-order valence-corrected chi connectivity index (χ1v) is 24.2. The summed E-state index contributed by atoms with van der Waals surface area (Å²) in [7, 11) is -5.64. The fraction of sp³-hybridized carbons (Fsp3) is 0.759.